The number of nitriles is 1. The second kappa shape index (κ2) is 3.97. The van der Waals surface area contributed by atoms with E-state index in [1.165, 1.54) is 6.92 Å². The van der Waals surface area contributed by atoms with E-state index in [1.807, 2.05) is 30.3 Å². The summed E-state index contributed by atoms with van der Waals surface area (Å²) >= 11 is 0. The highest BCUT2D eigenvalue weighted by Crippen LogP contribution is 2.38. The smallest absolute Gasteiger partial charge is 0.220 e. The van der Waals surface area contributed by atoms with Crippen LogP contribution < -0.4 is 0 Å². The Morgan fingerprint density at radius 1 is 1.44 bits per heavy atom. The second-order valence-electron chi connectivity index (χ2n) is 4.11. The zero-order chi connectivity index (χ0) is 11.6. The molecule has 16 heavy (non-hydrogen) atoms. The molecule has 0 unspecified atom stereocenters. The van der Waals surface area contributed by atoms with Gasteiger partial charge in [0.25, 0.3) is 0 Å². The van der Waals surface area contributed by atoms with Crippen LogP contribution in [-0.4, -0.2) is 17.4 Å². The zero-order valence-corrected chi connectivity index (χ0v) is 9.31. The normalized spacial score (nSPS) is 24.1. The van der Waals surface area contributed by atoms with Crippen LogP contribution in [0.15, 0.2) is 30.3 Å². The number of carbonyl (C=O) groups is 1. The molecule has 2 rings (SSSR count). The van der Waals surface area contributed by atoms with Crippen molar-refractivity contribution in [1.29, 1.82) is 5.26 Å². The molecule has 1 aliphatic rings. The Balaban J connectivity index is 2.48. The zero-order valence-electron chi connectivity index (χ0n) is 9.31. The summed E-state index contributed by atoms with van der Waals surface area (Å²) in [5, 5.41) is 9.45. The molecule has 1 amide bonds. The molecule has 3 heteroatoms. The van der Waals surface area contributed by atoms with Gasteiger partial charge in [-0.25, -0.2) is 0 Å². The lowest BCUT2D eigenvalue weighted by atomic mass is 9.88. The molecule has 0 radical (unpaired) electrons. The third kappa shape index (κ3) is 1.47. The van der Waals surface area contributed by atoms with E-state index in [-0.39, 0.29) is 5.91 Å². The van der Waals surface area contributed by atoms with Crippen molar-refractivity contribution in [2.45, 2.75) is 25.3 Å². The summed E-state index contributed by atoms with van der Waals surface area (Å²) in [6, 6.07) is 11.9. The van der Waals surface area contributed by atoms with Gasteiger partial charge in [0.2, 0.25) is 5.91 Å². The third-order valence-electron chi connectivity index (χ3n) is 3.20. The number of benzene rings is 1. The number of hydrogen-bond donors (Lipinski definition) is 0. The van der Waals surface area contributed by atoms with Gasteiger partial charge < -0.3 is 4.90 Å². The molecule has 1 fully saturated rings. The minimum atomic E-state index is -0.743. The number of rotatable bonds is 1. The molecule has 0 spiro atoms. The third-order valence-corrected chi connectivity index (χ3v) is 3.20. The van der Waals surface area contributed by atoms with E-state index in [2.05, 4.69) is 6.07 Å². The highest BCUT2D eigenvalue weighted by Gasteiger charge is 2.44. The van der Waals surface area contributed by atoms with Crippen LogP contribution in [0.2, 0.25) is 0 Å². The SMILES string of the molecule is CC(=O)N1CCC[C@]1(C#N)c1ccccc1. The quantitative estimate of drug-likeness (QED) is 0.718. The van der Waals surface area contributed by atoms with Crippen molar-refractivity contribution in [3.05, 3.63) is 35.9 Å². The van der Waals surface area contributed by atoms with Crippen LogP contribution in [0, 0.1) is 11.3 Å². The van der Waals surface area contributed by atoms with Gasteiger partial charge in [-0.15, -0.1) is 0 Å². The van der Waals surface area contributed by atoms with Crippen molar-refractivity contribution in [3.8, 4) is 6.07 Å². The molecule has 82 valence electrons. The average molecular weight is 214 g/mol. The van der Waals surface area contributed by atoms with Crippen molar-refractivity contribution < 1.29 is 4.79 Å². The molecule has 0 saturated carbocycles. The summed E-state index contributed by atoms with van der Waals surface area (Å²) in [5.74, 6) is -0.0251. The van der Waals surface area contributed by atoms with Crippen molar-refractivity contribution in [1.82, 2.24) is 4.90 Å². The maximum absolute atomic E-state index is 11.6. The molecular weight excluding hydrogens is 200 g/mol. The molecule has 1 aromatic rings. The topological polar surface area (TPSA) is 44.1 Å². The summed E-state index contributed by atoms with van der Waals surface area (Å²) in [7, 11) is 0. The van der Waals surface area contributed by atoms with Gasteiger partial charge in [0.1, 0.15) is 0 Å². The lowest BCUT2D eigenvalue weighted by Gasteiger charge is -2.32. The van der Waals surface area contributed by atoms with Gasteiger partial charge in [-0.05, 0) is 18.4 Å². The van der Waals surface area contributed by atoms with Crippen LogP contribution in [0.5, 0.6) is 0 Å². The summed E-state index contributed by atoms with van der Waals surface area (Å²) in [6.45, 7) is 2.21. The fraction of sp³-hybridized carbons (Fsp3) is 0.385. The Morgan fingerprint density at radius 3 is 2.69 bits per heavy atom. The van der Waals surface area contributed by atoms with Gasteiger partial charge in [0, 0.05) is 13.5 Å². The lowest BCUT2D eigenvalue weighted by Crippen LogP contribution is -2.42. The second-order valence-corrected chi connectivity index (χ2v) is 4.11. The van der Waals surface area contributed by atoms with Crippen molar-refractivity contribution >= 4 is 5.91 Å². The molecule has 1 saturated heterocycles. The Morgan fingerprint density at radius 2 is 2.12 bits per heavy atom. The molecule has 0 N–H and O–H groups in total. The predicted molar refractivity (Wildman–Crippen MR) is 60.4 cm³/mol. The fourth-order valence-corrected chi connectivity index (χ4v) is 2.44. The van der Waals surface area contributed by atoms with E-state index < -0.39 is 5.54 Å². The number of carbonyl (C=O) groups excluding carboxylic acids is 1. The van der Waals surface area contributed by atoms with Gasteiger partial charge in [0.15, 0.2) is 5.54 Å². The van der Waals surface area contributed by atoms with E-state index in [0.717, 1.165) is 18.4 Å². The number of nitrogens with zero attached hydrogens (tertiary/aromatic N) is 2. The standard InChI is InChI=1S/C13H14N2O/c1-11(16)15-9-5-8-13(15,10-14)12-6-3-2-4-7-12/h2-4,6-7H,5,8-9H2,1H3/t13-/m0/s1. The maximum Gasteiger partial charge on any atom is 0.220 e. The highest BCUT2D eigenvalue weighted by atomic mass is 16.2. The predicted octanol–water partition coefficient (Wildman–Crippen LogP) is 2.05. The summed E-state index contributed by atoms with van der Waals surface area (Å²) in [5.41, 5.74) is 0.179. The van der Waals surface area contributed by atoms with Gasteiger partial charge >= 0.3 is 0 Å². The molecule has 1 atom stereocenters. The summed E-state index contributed by atoms with van der Waals surface area (Å²) in [4.78, 5) is 13.3. The Labute approximate surface area is 95.3 Å². The average Bonchev–Trinajstić information content (AvgIpc) is 2.75. The minimum Gasteiger partial charge on any atom is -0.320 e. The number of hydrogen-bond acceptors (Lipinski definition) is 2. The van der Waals surface area contributed by atoms with Gasteiger partial charge in [0.05, 0.1) is 6.07 Å². The van der Waals surface area contributed by atoms with E-state index >= 15 is 0 Å². The fourth-order valence-electron chi connectivity index (χ4n) is 2.44. The Hall–Kier alpha value is -1.82. The molecule has 0 aromatic heterocycles. The first-order valence-corrected chi connectivity index (χ1v) is 5.46. The van der Waals surface area contributed by atoms with Crippen molar-refractivity contribution in [2.24, 2.45) is 0 Å². The maximum atomic E-state index is 11.6. The van der Waals surface area contributed by atoms with Crippen LogP contribution in [0.4, 0.5) is 0 Å². The first kappa shape index (κ1) is 10.7. The molecule has 3 nitrogen and oxygen atoms in total. The Kier molecular flexibility index (Phi) is 2.66. The molecule has 0 aliphatic carbocycles. The molecular formula is C13H14N2O. The summed E-state index contributed by atoms with van der Waals surface area (Å²) in [6.07, 6.45) is 1.62. The van der Waals surface area contributed by atoms with Gasteiger partial charge in [-0.3, -0.25) is 4.79 Å². The minimum absolute atomic E-state index is 0.0251. The molecule has 1 aliphatic heterocycles. The van der Waals surface area contributed by atoms with E-state index in [1.54, 1.807) is 4.90 Å². The monoisotopic (exact) mass is 214 g/mol. The van der Waals surface area contributed by atoms with Gasteiger partial charge in [-0.2, -0.15) is 5.26 Å². The first-order valence-electron chi connectivity index (χ1n) is 5.46. The summed E-state index contributed by atoms with van der Waals surface area (Å²) < 4.78 is 0. The Bertz CT molecular complexity index is 435. The van der Waals surface area contributed by atoms with Crippen molar-refractivity contribution in [3.63, 3.8) is 0 Å². The van der Waals surface area contributed by atoms with Crippen molar-refractivity contribution in [2.75, 3.05) is 6.54 Å². The van der Waals surface area contributed by atoms with Crippen LogP contribution in [-0.2, 0) is 10.3 Å². The molecule has 1 aromatic carbocycles. The first-order chi connectivity index (χ1) is 7.70. The molecule has 0 bridgehead atoms. The van der Waals surface area contributed by atoms with Gasteiger partial charge in [-0.1, -0.05) is 30.3 Å². The number of amides is 1. The number of likely N-dealkylation sites (tertiary alicyclic amines) is 1. The van der Waals surface area contributed by atoms with E-state index in [4.69, 9.17) is 0 Å². The van der Waals surface area contributed by atoms with E-state index in [0.29, 0.717) is 6.54 Å². The largest absolute Gasteiger partial charge is 0.320 e. The lowest BCUT2D eigenvalue weighted by molar-refractivity contribution is -0.131. The van der Waals surface area contributed by atoms with Crippen LogP contribution in [0.25, 0.3) is 0 Å². The molecule has 1 heterocycles. The highest BCUT2D eigenvalue weighted by molar-refractivity contribution is 5.75. The van der Waals surface area contributed by atoms with Crippen LogP contribution in [0.1, 0.15) is 25.3 Å². The van der Waals surface area contributed by atoms with Crippen LogP contribution >= 0.6 is 0 Å². The van der Waals surface area contributed by atoms with Crippen LogP contribution in [0.3, 0.4) is 0 Å². The van der Waals surface area contributed by atoms with E-state index in [9.17, 15) is 10.1 Å².